The molecule has 0 atom stereocenters. The van der Waals surface area contributed by atoms with Crippen molar-refractivity contribution in [3.63, 3.8) is 0 Å². The van der Waals surface area contributed by atoms with Crippen LogP contribution in [0.25, 0.3) is 0 Å². The van der Waals surface area contributed by atoms with E-state index in [2.05, 4.69) is 46.8 Å². The highest BCUT2D eigenvalue weighted by atomic mass is 79.9. The summed E-state index contributed by atoms with van der Waals surface area (Å²) in [6, 6.07) is 5.93. The van der Waals surface area contributed by atoms with Crippen LogP contribution in [0, 0.1) is 0 Å². The van der Waals surface area contributed by atoms with E-state index >= 15 is 0 Å². The van der Waals surface area contributed by atoms with Crippen LogP contribution in [-0.2, 0) is 16.1 Å². The maximum atomic E-state index is 11.0. The number of rotatable bonds is 6. The Morgan fingerprint density at radius 1 is 1.35 bits per heavy atom. The smallest absolute Gasteiger partial charge is 0.308 e. The van der Waals surface area contributed by atoms with E-state index in [1.54, 1.807) is 0 Å². The Morgan fingerprint density at radius 3 is 2.60 bits per heavy atom. The summed E-state index contributed by atoms with van der Waals surface area (Å²) in [6.45, 7) is 7.50. The molecule has 0 aliphatic heterocycles. The summed E-state index contributed by atoms with van der Waals surface area (Å²) in [4.78, 5) is 11.0. The SMILES string of the molecule is COC(=O)CCOc1ccc(CNC(C)(C)C)cc1Br. The Kier molecular flexibility index (Phi) is 6.49. The molecule has 0 spiro atoms. The molecule has 112 valence electrons. The zero-order chi connectivity index (χ0) is 15.2. The van der Waals surface area contributed by atoms with E-state index in [0.29, 0.717) is 6.61 Å². The van der Waals surface area contributed by atoms with Gasteiger partial charge in [-0.05, 0) is 54.4 Å². The van der Waals surface area contributed by atoms with Crippen molar-refractivity contribution in [1.82, 2.24) is 5.32 Å². The molecule has 0 aromatic heterocycles. The van der Waals surface area contributed by atoms with Crippen LogP contribution in [0.4, 0.5) is 0 Å². The highest BCUT2D eigenvalue weighted by molar-refractivity contribution is 9.10. The molecular formula is C15H22BrNO3. The molecule has 0 aliphatic carbocycles. The third-order valence-electron chi connectivity index (χ3n) is 2.61. The lowest BCUT2D eigenvalue weighted by molar-refractivity contribution is -0.141. The lowest BCUT2D eigenvalue weighted by Gasteiger charge is -2.20. The quantitative estimate of drug-likeness (QED) is 0.805. The van der Waals surface area contributed by atoms with E-state index in [1.165, 1.54) is 12.7 Å². The molecule has 0 saturated heterocycles. The fourth-order valence-electron chi connectivity index (χ4n) is 1.48. The zero-order valence-corrected chi connectivity index (χ0v) is 14.0. The number of halogens is 1. The van der Waals surface area contributed by atoms with Gasteiger partial charge in [-0.3, -0.25) is 4.79 Å². The van der Waals surface area contributed by atoms with E-state index in [4.69, 9.17) is 4.74 Å². The summed E-state index contributed by atoms with van der Waals surface area (Å²) in [5.74, 6) is 0.459. The molecule has 1 rings (SSSR count). The molecule has 0 saturated carbocycles. The van der Waals surface area contributed by atoms with Gasteiger partial charge < -0.3 is 14.8 Å². The third kappa shape index (κ3) is 6.39. The molecule has 1 aromatic carbocycles. The van der Waals surface area contributed by atoms with Gasteiger partial charge in [-0.1, -0.05) is 6.07 Å². The van der Waals surface area contributed by atoms with Gasteiger partial charge in [0.15, 0.2) is 0 Å². The Morgan fingerprint density at radius 2 is 2.05 bits per heavy atom. The second kappa shape index (κ2) is 7.64. The average Bonchev–Trinajstić information content (AvgIpc) is 2.37. The van der Waals surface area contributed by atoms with Crippen LogP contribution in [0.3, 0.4) is 0 Å². The third-order valence-corrected chi connectivity index (χ3v) is 3.23. The molecule has 4 nitrogen and oxygen atoms in total. The Labute approximate surface area is 129 Å². The van der Waals surface area contributed by atoms with Gasteiger partial charge in [0, 0.05) is 12.1 Å². The van der Waals surface area contributed by atoms with Gasteiger partial charge in [-0.25, -0.2) is 0 Å². The minimum absolute atomic E-state index is 0.0855. The van der Waals surface area contributed by atoms with E-state index in [0.717, 1.165) is 16.8 Å². The number of methoxy groups -OCH3 is 1. The van der Waals surface area contributed by atoms with E-state index in [9.17, 15) is 4.79 Å². The van der Waals surface area contributed by atoms with Crippen molar-refractivity contribution in [3.8, 4) is 5.75 Å². The van der Waals surface area contributed by atoms with E-state index in [-0.39, 0.29) is 17.9 Å². The van der Waals surface area contributed by atoms with Crippen molar-refractivity contribution in [2.75, 3.05) is 13.7 Å². The van der Waals surface area contributed by atoms with Crippen molar-refractivity contribution in [3.05, 3.63) is 28.2 Å². The predicted molar refractivity (Wildman–Crippen MR) is 82.9 cm³/mol. The molecular weight excluding hydrogens is 322 g/mol. The summed E-state index contributed by atoms with van der Waals surface area (Å²) in [5, 5.41) is 3.43. The van der Waals surface area contributed by atoms with Crippen LogP contribution in [0.5, 0.6) is 5.75 Å². The predicted octanol–water partition coefficient (Wildman–Crippen LogP) is 3.28. The van der Waals surface area contributed by atoms with Crippen molar-refractivity contribution in [1.29, 1.82) is 0 Å². The van der Waals surface area contributed by atoms with Gasteiger partial charge in [0.05, 0.1) is 24.6 Å². The molecule has 20 heavy (non-hydrogen) atoms. The fourth-order valence-corrected chi connectivity index (χ4v) is 2.03. The second-order valence-corrected chi connectivity index (χ2v) is 6.40. The first-order chi connectivity index (χ1) is 9.31. The standard InChI is InChI=1S/C15H22BrNO3/c1-15(2,3)17-10-11-5-6-13(12(16)9-11)20-8-7-14(18)19-4/h5-6,9,17H,7-8,10H2,1-4H3. The fraction of sp³-hybridized carbons (Fsp3) is 0.533. The van der Waals surface area contributed by atoms with Gasteiger partial charge >= 0.3 is 5.97 Å². The molecule has 0 heterocycles. The van der Waals surface area contributed by atoms with Crippen molar-refractivity contribution >= 4 is 21.9 Å². The highest BCUT2D eigenvalue weighted by Crippen LogP contribution is 2.26. The number of hydrogen-bond donors (Lipinski definition) is 1. The maximum absolute atomic E-state index is 11.0. The van der Waals surface area contributed by atoms with Gasteiger partial charge in [-0.15, -0.1) is 0 Å². The summed E-state index contributed by atoms with van der Waals surface area (Å²) in [6.07, 6.45) is 0.246. The van der Waals surface area contributed by atoms with Gasteiger partial charge in [-0.2, -0.15) is 0 Å². The summed E-state index contributed by atoms with van der Waals surface area (Å²) in [5.41, 5.74) is 1.26. The van der Waals surface area contributed by atoms with Crippen LogP contribution in [-0.4, -0.2) is 25.2 Å². The van der Waals surface area contributed by atoms with Crippen molar-refractivity contribution in [2.24, 2.45) is 0 Å². The molecule has 0 radical (unpaired) electrons. The van der Waals surface area contributed by atoms with Gasteiger partial charge in [0.1, 0.15) is 5.75 Å². The molecule has 0 fully saturated rings. The largest absolute Gasteiger partial charge is 0.492 e. The van der Waals surface area contributed by atoms with E-state index in [1.807, 2.05) is 18.2 Å². The summed E-state index contributed by atoms with van der Waals surface area (Å²) in [7, 11) is 1.37. The molecule has 0 bridgehead atoms. The lowest BCUT2D eigenvalue weighted by Crippen LogP contribution is -2.35. The van der Waals surface area contributed by atoms with Crippen LogP contribution in [0.2, 0.25) is 0 Å². The molecule has 5 heteroatoms. The molecule has 1 N–H and O–H groups in total. The van der Waals surface area contributed by atoms with Gasteiger partial charge in [0.2, 0.25) is 0 Å². The van der Waals surface area contributed by atoms with Gasteiger partial charge in [0.25, 0.3) is 0 Å². The Balaban J connectivity index is 2.53. The zero-order valence-electron chi connectivity index (χ0n) is 12.5. The summed E-state index contributed by atoms with van der Waals surface area (Å²) < 4.78 is 11.0. The number of ether oxygens (including phenoxy) is 2. The minimum Gasteiger partial charge on any atom is -0.492 e. The average molecular weight is 344 g/mol. The first-order valence-corrected chi connectivity index (χ1v) is 7.34. The molecule has 0 aliphatic rings. The topological polar surface area (TPSA) is 47.6 Å². The lowest BCUT2D eigenvalue weighted by atomic mass is 10.1. The maximum Gasteiger partial charge on any atom is 0.308 e. The number of carbonyl (C=O) groups excluding carboxylic acids is 1. The molecule has 0 unspecified atom stereocenters. The minimum atomic E-state index is -0.271. The number of nitrogens with one attached hydrogen (secondary N) is 1. The monoisotopic (exact) mass is 343 g/mol. The molecule has 0 amide bonds. The summed E-state index contributed by atoms with van der Waals surface area (Å²) >= 11 is 3.48. The highest BCUT2D eigenvalue weighted by Gasteiger charge is 2.10. The van der Waals surface area contributed by atoms with Crippen LogP contribution in [0.1, 0.15) is 32.8 Å². The van der Waals surface area contributed by atoms with Crippen molar-refractivity contribution < 1.29 is 14.3 Å². The van der Waals surface area contributed by atoms with Crippen LogP contribution >= 0.6 is 15.9 Å². The number of benzene rings is 1. The van der Waals surface area contributed by atoms with Crippen molar-refractivity contribution in [2.45, 2.75) is 39.3 Å². The number of hydrogen-bond acceptors (Lipinski definition) is 4. The first kappa shape index (κ1) is 17.0. The Hall–Kier alpha value is -1.07. The van der Waals surface area contributed by atoms with E-state index < -0.39 is 0 Å². The number of carbonyl (C=O) groups is 1. The number of esters is 1. The second-order valence-electron chi connectivity index (χ2n) is 5.54. The van der Waals surface area contributed by atoms with Crippen LogP contribution in [0.15, 0.2) is 22.7 Å². The molecule has 1 aromatic rings. The normalized spacial score (nSPS) is 11.2. The first-order valence-electron chi connectivity index (χ1n) is 6.55. The van der Waals surface area contributed by atoms with Crippen LogP contribution < -0.4 is 10.1 Å². The Bertz CT molecular complexity index is 455.